The van der Waals surface area contributed by atoms with Gasteiger partial charge in [-0.25, -0.2) is 49.8 Å². The van der Waals surface area contributed by atoms with Gasteiger partial charge in [0.1, 0.15) is 11.4 Å². The molecule has 10 aromatic heterocycles. The zero-order chi connectivity index (χ0) is 68.6. The second-order valence-corrected chi connectivity index (χ2v) is 26.0. The molecule has 12 heteroatoms. The van der Waals surface area contributed by atoms with E-state index < -0.39 is 0 Å². The standard InChI is InChI=1S/C48H28N6.C44H26N6/c1-3-10-37-35(8-1)44(36-9-2-4-11-38(36)45(37)42-21-14-30-13-12-29-7-5-24-49-46(29)47(30)54-42)41-22-17-33-27-31(15-19-39(33)52-41)32-16-20-40-34(28-32)18-23-43(53-40)48-50-25-6-26-51-48;1-3-27-4-5-28-10-15-40(50-43(28)42(27)45-20-1)34-9-7-29-23-33(8-6-30(29)24-34)38-18-13-35-25-31(11-16-37(35)48-38)32-12-17-39-36(26-32)14-19-41(49-39)44-46-21-2-22-47-44/h1-28H;1-26H. The van der Waals surface area contributed by atoms with Gasteiger partial charge in [0.2, 0.25) is 0 Å². The molecule has 11 aromatic carbocycles. The van der Waals surface area contributed by atoms with Crippen molar-refractivity contribution in [3.05, 3.63) is 328 Å². The van der Waals surface area contributed by atoms with E-state index in [0.717, 1.165) is 198 Å². The minimum absolute atomic E-state index is 0.621. The monoisotopic (exact) mass is 1330 g/mol. The van der Waals surface area contributed by atoms with E-state index >= 15 is 0 Å². The first kappa shape index (κ1) is 59.7. The van der Waals surface area contributed by atoms with Gasteiger partial charge in [0, 0.05) is 103 Å². The molecule has 0 saturated heterocycles. The van der Waals surface area contributed by atoms with Crippen LogP contribution in [0.5, 0.6) is 0 Å². The van der Waals surface area contributed by atoms with Crippen molar-refractivity contribution in [2.24, 2.45) is 0 Å². The van der Waals surface area contributed by atoms with Gasteiger partial charge in [0.15, 0.2) is 11.6 Å². The largest absolute Gasteiger partial charge is 0.254 e. The number of hydrogen-bond donors (Lipinski definition) is 0. The molecule has 0 N–H and O–H groups in total. The van der Waals surface area contributed by atoms with Gasteiger partial charge < -0.3 is 0 Å². The van der Waals surface area contributed by atoms with Crippen LogP contribution >= 0.6 is 0 Å². The second-order valence-electron chi connectivity index (χ2n) is 26.0. The number of aromatic nitrogens is 12. The van der Waals surface area contributed by atoms with Gasteiger partial charge in [-0.05, 0) is 176 Å². The molecular formula is C92H54N12. The maximum absolute atomic E-state index is 5.30. The average Bonchev–Trinajstić information content (AvgIpc) is 0.729. The third kappa shape index (κ3) is 10.7. The average molecular weight is 1330 g/mol. The van der Waals surface area contributed by atoms with E-state index in [1.54, 1.807) is 30.9 Å². The molecule has 0 aliphatic heterocycles. The molecule has 0 fully saturated rings. The van der Waals surface area contributed by atoms with Crippen LogP contribution in [0.2, 0.25) is 0 Å². The van der Waals surface area contributed by atoms with Crippen LogP contribution in [0.1, 0.15) is 0 Å². The number of rotatable bonds is 8. The minimum atomic E-state index is 0.621. The van der Waals surface area contributed by atoms with Gasteiger partial charge in [-0.1, -0.05) is 170 Å². The van der Waals surface area contributed by atoms with E-state index in [9.17, 15) is 0 Å². The van der Waals surface area contributed by atoms with E-state index in [-0.39, 0.29) is 0 Å². The predicted molar refractivity (Wildman–Crippen MR) is 422 cm³/mol. The molecule has 10 heterocycles. The van der Waals surface area contributed by atoms with Crippen LogP contribution in [-0.4, -0.2) is 59.8 Å². The molecule has 21 rings (SSSR count). The van der Waals surface area contributed by atoms with Crippen LogP contribution < -0.4 is 0 Å². The molecule has 0 aliphatic rings. The molecule has 0 amide bonds. The number of hydrogen-bond acceptors (Lipinski definition) is 12. The normalized spacial score (nSPS) is 11.7. The van der Waals surface area contributed by atoms with Crippen molar-refractivity contribution in [3.8, 4) is 90.3 Å². The molecule has 21 aromatic rings. The summed E-state index contributed by atoms with van der Waals surface area (Å²) >= 11 is 0. The van der Waals surface area contributed by atoms with E-state index in [1.165, 1.54) is 0 Å². The fourth-order valence-electron chi connectivity index (χ4n) is 14.6. The van der Waals surface area contributed by atoms with E-state index in [4.69, 9.17) is 34.9 Å². The Bertz CT molecular complexity index is 7020. The Morgan fingerprint density at radius 2 is 0.442 bits per heavy atom. The molecular weight excluding hydrogens is 1270 g/mol. The summed E-state index contributed by atoms with van der Waals surface area (Å²) in [5.74, 6) is 1.25. The first-order chi connectivity index (χ1) is 51.5. The lowest BCUT2D eigenvalue weighted by Crippen LogP contribution is -1.95. The number of fused-ring (bicyclic) bond motifs is 13. The zero-order valence-electron chi connectivity index (χ0n) is 55.5. The number of pyridine rings is 8. The molecule has 482 valence electrons. The van der Waals surface area contributed by atoms with Gasteiger partial charge in [-0.15, -0.1) is 0 Å². The van der Waals surface area contributed by atoms with Crippen molar-refractivity contribution in [2.75, 3.05) is 0 Å². The first-order valence-corrected chi connectivity index (χ1v) is 34.4. The minimum Gasteiger partial charge on any atom is -0.254 e. The highest BCUT2D eigenvalue weighted by Gasteiger charge is 2.20. The van der Waals surface area contributed by atoms with Gasteiger partial charge in [-0.2, -0.15) is 0 Å². The van der Waals surface area contributed by atoms with Crippen molar-refractivity contribution < 1.29 is 0 Å². The molecule has 0 spiro atoms. The van der Waals surface area contributed by atoms with Gasteiger partial charge in [0.25, 0.3) is 0 Å². The Labute approximate surface area is 594 Å². The van der Waals surface area contributed by atoms with Crippen molar-refractivity contribution >= 4 is 120 Å². The third-order valence-electron chi connectivity index (χ3n) is 19.8. The summed E-state index contributed by atoms with van der Waals surface area (Å²) in [7, 11) is 0. The molecule has 0 atom stereocenters. The molecule has 0 aliphatic carbocycles. The van der Waals surface area contributed by atoms with Crippen molar-refractivity contribution in [1.82, 2.24) is 59.8 Å². The van der Waals surface area contributed by atoms with Crippen LogP contribution in [0.3, 0.4) is 0 Å². The van der Waals surface area contributed by atoms with Crippen molar-refractivity contribution in [1.29, 1.82) is 0 Å². The quantitative estimate of drug-likeness (QED) is 0.105. The summed E-state index contributed by atoms with van der Waals surface area (Å²) in [6, 6.07) is 101. The van der Waals surface area contributed by atoms with Crippen molar-refractivity contribution in [3.63, 3.8) is 0 Å². The topological polar surface area (TPSA) is 155 Å². The Kier molecular flexibility index (Phi) is 14.2. The van der Waals surface area contributed by atoms with E-state index in [0.29, 0.717) is 11.6 Å². The molecule has 0 saturated carbocycles. The molecule has 0 unspecified atom stereocenters. The fourth-order valence-corrected chi connectivity index (χ4v) is 14.6. The molecule has 12 nitrogen and oxygen atoms in total. The zero-order valence-corrected chi connectivity index (χ0v) is 55.5. The Hall–Kier alpha value is -14.4. The lowest BCUT2D eigenvalue weighted by molar-refractivity contribution is 1.15. The van der Waals surface area contributed by atoms with Crippen LogP contribution in [0.4, 0.5) is 0 Å². The highest BCUT2D eigenvalue weighted by molar-refractivity contribution is 6.21. The molecule has 0 bridgehead atoms. The first-order valence-electron chi connectivity index (χ1n) is 34.4. The lowest BCUT2D eigenvalue weighted by Gasteiger charge is -2.17. The van der Waals surface area contributed by atoms with Gasteiger partial charge >= 0.3 is 0 Å². The van der Waals surface area contributed by atoms with Crippen LogP contribution in [0, 0.1) is 0 Å². The fraction of sp³-hybridized carbons (Fsp3) is 0. The maximum atomic E-state index is 5.30. The summed E-state index contributed by atoms with van der Waals surface area (Å²) in [5.41, 5.74) is 21.6. The number of nitrogens with zero attached hydrogens (tertiary/aromatic N) is 12. The molecule has 0 radical (unpaired) electrons. The SMILES string of the molecule is c1cnc(-c2ccc3cc(-c4ccc5nc(-c6c7ccccc7c(-c7ccc8ccc9cccnc9c8n7)c7ccccc67)ccc5c4)ccc3n2)nc1.c1cnc(-c2ccc3cc(-c4ccc5nc(-c6ccc7cc(-c8ccc9ccc%10cccnc%10c9n8)ccc7c6)ccc5c4)ccc3n2)nc1. The Morgan fingerprint density at radius 1 is 0.163 bits per heavy atom. The smallest absolute Gasteiger partial charge is 0.178 e. The van der Waals surface area contributed by atoms with Crippen molar-refractivity contribution in [2.45, 2.75) is 0 Å². The van der Waals surface area contributed by atoms with Crippen LogP contribution in [-0.2, 0) is 0 Å². The Morgan fingerprint density at radius 3 is 0.856 bits per heavy atom. The third-order valence-corrected chi connectivity index (χ3v) is 19.8. The highest BCUT2D eigenvalue weighted by Crippen LogP contribution is 2.44. The summed E-state index contributed by atoms with van der Waals surface area (Å²) < 4.78 is 0. The second kappa shape index (κ2) is 24.8. The van der Waals surface area contributed by atoms with E-state index in [2.05, 4.69) is 280 Å². The van der Waals surface area contributed by atoms with Crippen LogP contribution in [0.25, 0.3) is 210 Å². The molecule has 104 heavy (non-hydrogen) atoms. The Balaban J connectivity index is 0.000000139. The summed E-state index contributed by atoms with van der Waals surface area (Å²) in [6.07, 6.45) is 10.6. The number of benzene rings is 11. The van der Waals surface area contributed by atoms with Gasteiger partial charge in [-0.3, -0.25) is 9.97 Å². The lowest BCUT2D eigenvalue weighted by atomic mass is 9.88. The summed E-state index contributed by atoms with van der Waals surface area (Å²) in [4.78, 5) is 57.0. The highest BCUT2D eigenvalue weighted by atomic mass is 14.9. The maximum Gasteiger partial charge on any atom is 0.178 e. The van der Waals surface area contributed by atoms with Crippen LogP contribution in [0.15, 0.2) is 328 Å². The summed E-state index contributed by atoms with van der Waals surface area (Å²) in [6.45, 7) is 0. The van der Waals surface area contributed by atoms with E-state index in [1.807, 2.05) is 42.7 Å². The summed E-state index contributed by atoms with van der Waals surface area (Å²) in [5, 5.41) is 15.5. The predicted octanol–water partition coefficient (Wildman–Crippen LogP) is 22.1. The van der Waals surface area contributed by atoms with Gasteiger partial charge in [0.05, 0.1) is 66.9 Å².